The molecule has 0 amide bonds. The fraction of sp³-hybridized carbons (Fsp3) is 0.364. The molecule has 2 aromatic heterocycles. The molecule has 6 nitrogen and oxygen atoms in total. The van der Waals surface area contributed by atoms with E-state index in [4.69, 9.17) is 5.73 Å². The van der Waals surface area contributed by atoms with E-state index in [2.05, 4.69) is 9.82 Å². The van der Waals surface area contributed by atoms with Crippen LogP contribution in [0.2, 0.25) is 0 Å². The number of hydrogen-bond acceptors (Lipinski definition) is 5. The van der Waals surface area contributed by atoms with Crippen molar-refractivity contribution in [1.82, 2.24) is 14.5 Å². The number of aromatic nitrogens is 2. The number of rotatable bonds is 6. The number of nitrogens with zero attached hydrogens (tertiary/aromatic N) is 2. The third-order valence-corrected chi connectivity index (χ3v) is 5.54. The van der Waals surface area contributed by atoms with Gasteiger partial charge in [-0.05, 0) is 29.0 Å². The first-order valence-electron chi connectivity index (χ1n) is 5.76. The third kappa shape index (κ3) is 3.63. The molecule has 0 atom stereocenters. The smallest absolute Gasteiger partial charge is 0.250 e. The minimum Gasteiger partial charge on any atom is -0.326 e. The van der Waals surface area contributed by atoms with Crippen LogP contribution in [0.4, 0.5) is 0 Å². The van der Waals surface area contributed by atoms with Gasteiger partial charge in [0.25, 0.3) is 0 Å². The number of nitrogens with two attached hydrogens (primary N) is 1. The molecule has 0 aliphatic carbocycles. The van der Waals surface area contributed by atoms with Crippen LogP contribution < -0.4 is 10.5 Å². The largest absolute Gasteiger partial charge is 0.326 e. The van der Waals surface area contributed by atoms with Crippen LogP contribution >= 0.6 is 11.3 Å². The molecule has 0 radical (unpaired) electrons. The Morgan fingerprint density at radius 1 is 1.47 bits per heavy atom. The second-order valence-corrected chi connectivity index (χ2v) is 7.05. The molecule has 0 aliphatic rings. The van der Waals surface area contributed by atoms with Crippen molar-refractivity contribution in [2.24, 2.45) is 12.8 Å². The highest BCUT2D eigenvalue weighted by molar-refractivity contribution is 7.91. The summed E-state index contributed by atoms with van der Waals surface area (Å²) in [7, 11) is -1.60. The van der Waals surface area contributed by atoms with Gasteiger partial charge in [-0.3, -0.25) is 4.68 Å². The number of aryl methyl sites for hydroxylation is 1. The van der Waals surface area contributed by atoms with E-state index >= 15 is 0 Å². The number of hydrogen-bond donors (Lipinski definition) is 2. The molecule has 3 N–H and O–H groups in total. The van der Waals surface area contributed by atoms with Gasteiger partial charge >= 0.3 is 0 Å². The Bertz CT molecular complexity index is 645. The highest BCUT2D eigenvalue weighted by Crippen LogP contribution is 2.19. The number of sulfonamides is 1. The molecule has 2 aromatic rings. The predicted molar refractivity (Wildman–Crippen MR) is 74.3 cm³/mol. The maximum Gasteiger partial charge on any atom is 0.250 e. The van der Waals surface area contributed by atoms with E-state index in [0.717, 1.165) is 11.1 Å². The molecule has 19 heavy (non-hydrogen) atoms. The van der Waals surface area contributed by atoms with Crippen LogP contribution in [0.5, 0.6) is 0 Å². The molecule has 2 rings (SSSR count). The Hall–Kier alpha value is -1.22. The van der Waals surface area contributed by atoms with E-state index < -0.39 is 10.0 Å². The van der Waals surface area contributed by atoms with Crippen molar-refractivity contribution in [2.75, 3.05) is 6.54 Å². The maximum absolute atomic E-state index is 12.0. The van der Waals surface area contributed by atoms with Crippen LogP contribution in [0.15, 0.2) is 28.0 Å². The van der Waals surface area contributed by atoms with E-state index in [1.54, 1.807) is 22.3 Å². The fourth-order valence-corrected chi connectivity index (χ4v) is 3.90. The summed E-state index contributed by atoms with van der Waals surface area (Å²) >= 11 is 1.18. The molecule has 0 bridgehead atoms. The topological polar surface area (TPSA) is 90.0 Å². The summed E-state index contributed by atoms with van der Waals surface area (Å²) in [6, 6.07) is 1.61. The van der Waals surface area contributed by atoms with Crippen LogP contribution in [0.1, 0.15) is 11.1 Å². The van der Waals surface area contributed by atoms with Gasteiger partial charge < -0.3 is 5.73 Å². The van der Waals surface area contributed by atoms with Gasteiger partial charge in [-0.25, -0.2) is 13.1 Å². The predicted octanol–water partition coefficient (Wildman–Crippen LogP) is 0.461. The molecule has 0 saturated carbocycles. The van der Waals surface area contributed by atoms with Gasteiger partial charge in [0.1, 0.15) is 4.21 Å². The minimum absolute atomic E-state index is 0.305. The Morgan fingerprint density at radius 3 is 2.84 bits per heavy atom. The monoisotopic (exact) mass is 300 g/mol. The summed E-state index contributed by atoms with van der Waals surface area (Å²) in [6.45, 7) is 0.700. The molecule has 0 aliphatic heterocycles. The van der Waals surface area contributed by atoms with Crippen LogP contribution in [-0.4, -0.2) is 24.7 Å². The Balaban J connectivity index is 1.94. The maximum atomic E-state index is 12.0. The molecule has 104 valence electrons. The molecule has 2 heterocycles. The Kier molecular flexibility index (Phi) is 4.35. The second kappa shape index (κ2) is 5.83. The van der Waals surface area contributed by atoms with E-state index in [9.17, 15) is 8.42 Å². The van der Waals surface area contributed by atoms with Crippen molar-refractivity contribution in [3.63, 3.8) is 0 Å². The highest BCUT2D eigenvalue weighted by atomic mass is 32.2. The SMILES string of the molecule is Cn1cc(CCNS(=O)(=O)c2cc(CN)cs2)cn1. The standard InChI is InChI=1S/C11H16N4O2S2/c1-15-7-9(6-13-15)2-3-14-19(16,17)11-4-10(5-12)8-18-11/h4,6-8,14H,2-3,5,12H2,1H3. The van der Waals surface area contributed by atoms with Crippen molar-refractivity contribution in [1.29, 1.82) is 0 Å². The van der Waals surface area contributed by atoms with Gasteiger partial charge in [-0.1, -0.05) is 0 Å². The quantitative estimate of drug-likeness (QED) is 0.811. The molecule has 0 aromatic carbocycles. The van der Waals surface area contributed by atoms with Crippen molar-refractivity contribution in [3.05, 3.63) is 35.0 Å². The molecule has 0 fully saturated rings. The fourth-order valence-electron chi connectivity index (χ4n) is 1.60. The Morgan fingerprint density at radius 2 is 2.26 bits per heavy atom. The van der Waals surface area contributed by atoms with Crippen molar-refractivity contribution < 1.29 is 8.42 Å². The van der Waals surface area contributed by atoms with Gasteiger partial charge in [0.2, 0.25) is 10.0 Å². The van der Waals surface area contributed by atoms with E-state index in [0.29, 0.717) is 23.7 Å². The Labute approximate surface area is 116 Å². The molecular weight excluding hydrogens is 284 g/mol. The van der Waals surface area contributed by atoms with Gasteiger partial charge in [0.05, 0.1) is 6.20 Å². The van der Waals surface area contributed by atoms with Gasteiger partial charge in [-0.15, -0.1) is 11.3 Å². The van der Waals surface area contributed by atoms with Crippen LogP contribution in [0.3, 0.4) is 0 Å². The number of thiophene rings is 1. The van der Waals surface area contributed by atoms with Crippen molar-refractivity contribution in [2.45, 2.75) is 17.2 Å². The summed E-state index contributed by atoms with van der Waals surface area (Å²) in [5.41, 5.74) is 7.30. The molecule has 0 saturated heterocycles. The second-order valence-electron chi connectivity index (χ2n) is 4.15. The zero-order valence-corrected chi connectivity index (χ0v) is 12.2. The minimum atomic E-state index is -3.43. The van der Waals surface area contributed by atoms with Crippen LogP contribution in [0, 0.1) is 0 Å². The first-order chi connectivity index (χ1) is 9.01. The highest BCUT2D eigenvalue weighted by Gasteiger charge is 2.15. The van der Waals surface area contributed by atoms with E-state index in [1.165, 1.54) is 11.3 Å². The molecule has 0 spiro atoms. The first kappa shape index (κ1) is 14.2. The summed E-state index contributed by atoms with van der Waals surface area (Å²) < 4.78 is 28.6. The summed E-state index contributed by atoms with van der Waals surface area (Å²) in [5, 5.41) is 5.79. The number of nitrogens with one attached hydrogen (secondary N) is 1. The zero-order chi connectivity index (χ0) is 13.9. The van der Waals surface area contributed by atoms with Gasteiger partial charge in [0.15, 0.2) is 0 Å². The summed E-state index contributed by atoms with van der Waals surface area (Å²) in [5.74, 6) is 0. The summed E-state index contributed by atoms with van der Waals surface area (Å²) in [6.07, 6.45) is 4.21. The first-order valence-corrected chi connectivity index (χ1v) is 8.12. The molecule has 0 unspecified atom stereocenters. The molecular formula is C11H16N4O2S2. The lowest BCUT2D eigenvalue weighted by Crippen LogP contribution is -2.25. The van der Waals surface area contributed by atoms with Crippen molar-refractivity contribution in [3.8, 4) is 0 Å². The lowest BCUT2D eigenvalue weighted by Gasteiger charge is -2.03. The molecule has 8 heteroatoms. The zero-order valence-electron chi connectivity index (χ0n) is 10.5. The van der Waals surface area contributed by atoms with E-state index in [1.807, 2.05) is 13.2 Å². The lowest BCUT2D eigenvalue weighted by atomic mass is 10.3. The normalized spacial score (nSPS) is 11.9. The summed E-state index contributed by atoms with van der Waals surface area (Å²) in [4.78, 5) is 0. The van der Waals surface area contributed by atoms with Crippen molar-refractivity contribution >= 4 is 21.4 Å². The van der Waals surface area contributed by atoms with Crippen LogP contribution in [0.25, 0.3) is 0 Å². The lowest BCUT2D eigenvalue weighted by molar-refractivity contribution is 0.583. The average molecular weight is 300 g/mol. The average Bonchev–Trinajstić information content (AvgIpc) is 2.98. The van der Waals surface area contributed by atoms with Crippen LogP contribution in [-0.2, 0) is 30.0 Å². The van der Waals surface area contributed by atoms with E-state index in [-0.39, 0.29) is 0 Å². The van der Waals surface area contributed by atoms with Gasteiger partial charge in [-0.2, -0.15) is 5.10 Å². The van der Waals surface area contributed by atoms with Gasteiger partial charge in [0, 0.05) is 26.3 Å². The third-order valence-electron chi connectivity index (χ3n) is 2.59.